The molecule has 2 bridgehead atoms. The predicted octanol–water partition coefficient (Wildman–Crippen LogP) is 1.27. The zero-order valence-electron chi connectivity index (χ0n) is 8.60. The number of hydrogen-bond acceptors (Lipinski definition) is 2. The topological polar surface area (TPSA) is 40.5 Å². The minimum atomic E-state index is 0.393. The van der Waals surface area contributed by atoms with Crippen LogP contribution in [-0.4, -0.2) is 23.4 Å². The maximum atomic E-state index is 9.28. The first-order chi connectivity index (χ1) is 6.83. The van der Waals surface area contributed by atoms with Gasteiger partial charge in [0.25, 0.3) is 0 Å². The smallest absolute Gasteiger partial charge is 0.0462 e. The average molecular weight is 196 g/mol. The van der Waals surface area contributed by atoms with Crippen molar-refractivity contribution in [3.63, 3.8) is 0 Å². The van der Waals surface area contributed by atoms with E-state index in [-0.39, 0.29) is 0 Å². The zero-order valence-corrected chi connectivity index (χ0v) is 8.60. The first-order valence-electron chi connectivity index (χ1n) is 6.05. The van der Waals surface area contributed by atoms with Crippen LogP contribution < -0.4 is 0 Å². The number of aliphatic hydroxyl groups is 2. The molecule has 0 aromatic rings. The summed E-state index contributed by atoms with van der Waals surface area (Å²) in [6, 6.07) is 0. The van der Waals surface area contributed by atoms with Crippen LogP contribution >= 0.6 is 0 Å². The molecule has 80 valence electrons. The molecule has 3 rings (SSSR count). The lowest BCUT2D eigenvalue weighted by Gasteiger charge is -2.50. The molecule has 6 atom stereocenters. The molecule has 0 aromatic carbocycles. The van der Waals surface area contributed by atoms with Gasteiger partial charge in [-0.15, -0.1) is 0 Å². The Labute approximate surface area is 85.3 Å². The molecule has 3 aliphatic rings. The van der Waals surface area contributed by atoms with Crippen molar-refractivity contribution >= 4 is 0 Å². The molecule has 2 nitrogen and oxygen atoms in total. The third-order valence-electron chi connectivity index (χ3n) is 5.26. The molecule has 3 fully saturated rings. The number of hydrogen-bond donors (Lipinski definition) is 2. The Morgan fingerprint density at radius 2 is 1.50 bits per heavy atom. The average Bonchev–Trinajstić information content (AvgIpc) is 2.51. The van der Waals surface area contributed by atoms with Crippen LogP contribution in [0.15, 0.2) is 0 Å². The maximum absolute atomic E-state index is 9.28. The van der Waals surface area contributed by atoms with Gasteiger partial charge >= 0.3 is 0 Å². The Bertz CT molecular complexity index is 228. The first-order valence-corrected chi connectivity index (χ1v) is 6.05. The summed E-state index contributed by atoms with van der Waals surface area (Å²) in [7, 11) is 0. The Balaban J connectivity index is 1.73. The molecule has 0 spiro atoms. The van der Waals surface area contributed by atoms with E-state index in [1.807, 2.05) is 0 Å². The number of rotatable bonds is 2. The summed E-state index contributed by atoms with van der Waals surface area (Å²) in [6.07, 6.45) is 5.18. The van der Waals surface area contributed by atoms with Gasteiger partial charge < -0.3 is 10.2 Å². The molecule has 0 radical (unpaired) electrons. The van der Waals surface area contributed by atoms with Crippen molar-refractivity contribution < 1.29 is 10.2 Å². The van der Waals surface area contributed by atoms with Crippen LogP contribution in [-0.2, 0) is 0 Å². The summed E-state index contributed by atoms with van der Waals surface area (Å²) in [5, 5.41) is 18.5. The molecule has 3 aliphatic carbocycles. The third kappa shape index (κ3) is 1.10. The molecule has 0 aromatic heterocycles. The van der Waals surface area contributed by atoms with Crippen LogP contribution in [0.4, 0.5) is 0 Å². The van der Waals surface area contributed by atoms with Crippen molar-refractivity contribution in [2.75, 3.05) is 13.2 Å². The SMILES string of the molecule is OCC1CC2CC1CC1C(CO)CC21. The molecule has 0 amide bonds. The summed E-state index contributed by atoms with van der Waals surface area (Å²) in [5.74, 6) is 4.56. The lowest BCUT2D eigenvalue weighted by molar-refractivity contribution is -0.0423. The molecule has 0 saturated heterocycles. The van der Waals surface area contributed by atoms with E-state index < -0.39 is 0 Å². The summed E-state index contributed by atoms with van der Waals surface area (Å²) < 4.78 is 0. The summed E-state index contributed by atoms with van der Waals surface area (Å²) in [5.41, 5.74) is 0. The van der Waals surface area contributed by atoms with Gasteiger partial charge in [0.2, 0.25) is 0 Å². The highest BCUT2D eigenvalue weighted by molar-refractivity contribution is 5.02. The monoisotopic (exact) mass is 196 g/mol. The largest absolute Gasteiger partial charge is 0.396 e. The van der Waals surface area contributed by atoms with Gasteiger partial charge in [0.1, 0.15) is 0 Å². The van der Waals surface area contributed by atoms with Crippen molar-refractivity contribution in [2.24, 2.45) is 35.5 Å². The lowest BCUT2D eigenvalue weighted by Crippen LogP contribution is -2.45. The van der Waals surface area contributed by atoms with Gasteiger partial charge in [0.15, 0.2) is 0 Å². The second-order valence-corrected chi connectivity index (χ2v) is 5.68. The third-order valence-corrected chi connectivity index (χ3v) is 5.26. The van der Waals surface area contributed by atoms with E-state index in [4.69, 9.17) is 0 Å². The van der Waals surface area contributed by atoms with Gasteiger partial charge in [-0.2, -0.15) is 0 Å². The van der Waals surface area contributed by atoms with Crippen LogP contribution in [0.2, 0.25) is 0 Å². The van der Waals surface area contributed by atoms with E-state index in [1.54, 1.807) is 0 Å². The minimum absolute atomic E-state index is 0.393. The Kier molecular flexibility index (Phi) is 2.10. The summed E-state index contributed by atoms with van der Waals surface area (Å²) >= 11 is 0. The highest BCUT2D eigenvalue weighted by Gasteiger charge is 2.53. The minimum Gasteiger partial charge on any atom is -0.396 e. The van der Waals surface area contributed by atoms with Gasteiger partial charge in [-0.05, 0) is 61.2 Å². The van der Waals surface area contributed by atoms with Crippen molar-refractivity contribution in [3.8, 4) is 0 Å². The van der Waals surface area contributed by atoms with Gasteiger partial charge in [0.05, 0.1) is 0 Å². The van der Waals surface area contributed by atoms with Crippen molar-refractivity contribution in [1.82, 2.24) is 0 Å². The summed E-state index contributed by atoms with van der Waals surface area (Å²) in [4.78, 5) is 0. The maximum Gasteiger partial charge on any atom is 0.0462 e. The molecular weight excluding hydrogens is 176 g/mol. The van der Waals surface area contributed by atoms with Crippen molar-refractivity contribution in [1.29, 1.82) is 0 Å². The first kappa shape index (κ1) is 9.17. The number of aliphatic hydroxyl groups excluding tert-OH is 2. The molecule has 6 unspecified atom stereocenters. The number of fused-ring (bicyclic) bond motifs is 4. The predicted molar refractivity (Wildman–Crippen MR) is 53.6 cm³/mol. The van der Waals surface area contributed by atoms with Crippen LogP contribution in [0.3, 0.4) is 0 Å². The lowest BCUT2D eigenvalue weighted by atomic mass is 9.55. The van der Waals surface area contributed by atoms with Gasteiger partial charge in [-0.1, -0.05) is 0 Å². The Hall–Kier alpha value is -0.0800. The van der Waals surface area contributed by atoms with Crippen LogP contribution in [0.1, 0.15) is 25.7 Å². The van der Waals surface area contributed by atoms with E-state index in [2.05, 4.69) is 0 Å². The summed E-state index contributed by atoms with van der Waals surface area (Å²) in [6.45, 7) is 0.787. The Morgan fingerprint density at radius 3 is 2.21 bits per heavy atom. The van der Waals surface area contributed by atoms with E-state index in [0.29, 0.717) is 25.0 Å². The van der Waals surface area contributed by atoms with Gasteiger partial charge in [-0.25, -0.2) is 0 Å². The second-order valence-electron chi connectivity index (χ2n) is 5.68. The van der Waals surface area contributed by atoms with E-state index in [9.17, 15) is 10.2 Å². The molecule has 0 heterocycles. The van der Waals surface area contributed by atoms with Crippen molar-refractivity contribution in [2.45, 2.75) is 25.7 Å². The van der Waals surface area contributed by atoms with Crippen molar-refractivity contribution in [3.05, 3.63) is 0 Å². The van der Waals surface area contributed by atoms with Crippen LogP contribution in [0, 0.1) is 35.5 Å². The fraction of sp³-hybridized carbons (Fsp3) is 1.00. The zero-order chi connectivity index (χ0) is 9.71. The molecule has 3 saturated carbocycles. The normalized spacial score (nSPS) is 55.3. The molecule has 2 heteroatoms. The highest BCUT2D eigenvalue weighted by atomic mass is 16.3. The standard InChI is InChI=1S/C12H20O2/c13-5-9-2-8-1-7(9)3-12-10(6-14)4-11(8)12/h7-14H,1-6H2. The highest BCUT2D eigenvalue weighted by Crippen LogP contribution is 2.60. The fourth-order valence-corrected chi connectivity index (χ4v) is 4.44. The van der Waals surface area contributed by atoms with Crippen LogP contribution in [0.5, 0.6) is 0 Å². The van der Waals surface area contributed by atoms with Crippen LogP contribution in [0.25, 0.3) is 0 Å². The quantitative estimate of drug-likeness (QED) is 0.698. The second kappa shape index (κ2) is 3.21. The van der Waals surface area contributed by atoms with Gasteiger partial charge in [-0.3, -0.25) is 0 Å². The Morgan fingerprint density at radius 1 is 0.714 bits per heavy atom. The van der Waals surface area contributed by atoms with E-state index in [0.717, 1.165) is 23.7 Å². The molecular formula is C12H20O2. The molecule has 14 heavy (non-hydrogen) atoms. The molecule has 0 aliphatic heterocycles. The van der Waals surface area contributed by atoms with Gasteiger partial charge in [0, 0.05) is 13.2 Å². The van der Waals surface area contributed by atoms with E-state index in [1.165, 1.54) is 25.7 Å². The van der Waals surface area contributed by atoms with E-state index >= 15 is 0 Å². The molecule has 2 N–H and O–H groups in total. The fourth-order valence-electron chi connectivity index (χ4n) is 4.44.